The van der Waals surface area contributed by atoms with E-state index in [0.29, 0.717) is 0 Å². The van der Waals surface area contributed by atoms with Crippen LogP contribution in [0.3, 0.4) is 0 Å². The minimum atomic E-state index is 0. The summed E-state index contributed by atoms with van der Waals surface area (Å²) in [5.41, 5.74) is 7.58. The number of rotatable bonds is 3. The summed E-state index contributed by atoms with van der Waals surface area (Å²) in [5, 5.41) is 0. The highest BCUT2D eigenvalue weighted by Gasteiger charge is 2.03. The van der Waals surface area contributed by atoms with Crippen LogP contribution in [0.15, 0.2) is 18.2 Å². The highest BCUT2D eigenvalue weighted by atomic mass is 35.5. The Morgan fingerprint density at radius 3 is 2.50 bits per heavy atom. The second-order valence-electron chi connectivity index (χ2n) is 3.31. The molecule has 0 aliphatic rings. The molecule has 0 unspecified atom stereocenters. The van der Waals surface area contributed by atoms with E-state index in [0.717, 1.165) is 23.5 Å². The molecule has 0 saturated heterocycles. The lowest BCUT2D eigenvalue weighted by molar-refractivity contribution is 0.372. The predicted molar refractivity (Wildman–Crippen MR) is 62.0 cm³/mol. The summed E-state index contributed by atoms with van der Waals surface area (Å²) in [6.45, 7) is 0.841. The lowest BCUT2D eigenvalue weighted by Crippen LogP contribution is -2.11. The summed E-state index contributed by atoms with van der Waals surface area (Å²) < 4.78 is 5.22. The molecule has 0 fully saturated rings. The largest absolute Gasteiger partial charge is 0.496 e. The molecule has 0 radical (unpaired) electrons. The Morgan fingerprint density at radius 2 is 2.00 bits per heavy atom. The van der Waals surface area contributed by atoms with Crippen molar-refractivity contribution in [3.05, 3.63) is 23.8 Å². The minimum absolute atomic E-state index is 0. The van der Waals surface area contributed by atoms with Gasteiger partial charge in [0.25, 0.3) is 0 Å². The van der Waals surface area contributed by atoms with Crippen LogP contribution in [0.5, 0.6) is 5.75 Å². The zero-order chi connectivity index (χ0) is 9.84. The van der Waals surface area contributed by atoms with Crippen LogP contribution in [0.4, 0.5) is 5.69 Å². The van der Waals surface area contributed by atoms with E-state index >= 15 is 0 Å². The van der Waals surface area contributed by atoms with Crippen LogP contribution >= 0.6 is 12.4 Å². The van der Waals surface area contributed by atoms with Crippen LogP contribution < -0.4 is 10.5 Å². The maximum atomic E-state index is 5.68. The van der Waals surface area contributed by atoms with Gasteiger partial charge >= 0.3 is 0 Å². The zero-order valence-electron chi connectivity index (χ0n) is 8.78. The Bertz CT molecular complexity index is 289. The Kier molecular flexibility index (Phi) is 5.35. The lowest BCUT2D eigenvalue weighted by atomic mass is 10.1. The van der Waals surface area contributed by atoms with Gasteiger partial charge in [0.15, 0.2) is 0 Å². The lowest BCUT2D eigenvalue weighted by Gasteiger charge is -2.13. The molecule has 0 saturated carbocycles. The molecule has 2 N–H and O–H groups in total. The van der Waals surface area contributed by atoms with Crippen LogP contribution in [0.2, 0.25) is 0 Å². The third-order valence-electron chi connectivity index (χ3n) is 1.79. The predicted octanol–water partition coefficient (Wildman–Crippen LogP) is 1.76. The maximum absolute atomic E-state index is 5.68. The van der Waals surface area contributed by atoms with Crippen molar-refractivity contribution in [3.63, 3.8) is 0 Å². The molecule has 0 spiro atoms. The van der Waals surface area contributed by atoms with Crippen molar-refractivity contribution < 1.29 is 4.74 Å². The fourth-order valence-corrected chi connectivity index (χ4v) is 1.26. The number of nitrogens with zero attached hydrogens (tertiary/aromatic N) is 1. The van der Waals surface area contributed by atoms with Crippen molar-refractivity contribution in [3.8, 4) is 5.75 Å². The second kappa shape index (κ2) is 5.73. The average Bonchev–Trinajstić information content (AvgIpc) is 2.03. The van der Waals surface area contributed by atoms with E-state index < -0.39 is 0 Å². The number of hydrogen-bond acceptors (Lipinski definition) is 3. The SMILES string of the molecule is COc1ccc(N)cc1CN(C)C.Cl. The summed E-state index contributed by atoms with van der Waals surface area (Å²) in [6, 6.07) is 5.69. The number of nitrogen functional groups attached to an aromatic ring is 1. The number of hydrogen-bond donors (Lipinski definition) is 1. The number of halogens is 1. The number of methoxy groups -OCH3 is 1. The van der Waals surface area contributed by atoms with Crippen molar-refractivity contribution in [2.75, 3.05) is 26.9 Å². The van der Waals surface area contributed by atoms with Gasteiger partial charge < -0.3 is 15.4 Å². The van der Waals surface area contributed by atoms with Gasteiger partial charge in [0.05, 0.1) is 7.11 Å². The maximum Gasteiger partial charge on any atom is 0.123 e. The highest BCUT2D eigenvalue weighted by Crippen LogP contribution is 2.21. The zero-order valence-corrected chi connectivity index (χ0v) is 9.60. The van der Waals surface area contributed by atoms with Gasteiger partial charge in [0.1, 0.15) is 5.75 Å². The fraction of sp³-hybridized carbons (Fsp3) is 0.400. The summed E-state index contributed by atoms with van der Waals surface area (Å²) in [5.74, 6) is 0.892. The van der Waals surface area contributed by atoms with Crippen LogP contribution in [0.25, 0.3) is 0 Å². The molecule has 0 bridgehead atoms. The normalized spacial score (nSPS) is 9.71. The Hall–Kier alpha value is -0.930. The first-order valence-corrected chi connectivity index (χ1v) is 4.20. The number of ether oxygens (including phenoxy) is 1. The summed E-state index contributed by atoms with van der Waals surface area (Å²) in [4.78, 5) is 2.08. The minimum Gasteiger partial charge on any atom is -0.496 e. The van der Waals surface area contributed by atoms with E-state index in [2.05, 4.69) is 4.90 Å². The summed E-state index contributed by atoms with van der Waals surface area (Å²) >= 11 is 0. The molecule has 0 atom stereocenters. The Morgan fingerprint density at radius 1 is 1.36 bits per heavy atom. The van der Waals surface area contributed by atoms with Crippen molar-refractivity contribution >= 4 is 18.1 Å². The quantitative estimate of drug-likeness (QED) is 0.783. The number of anilines is 1. The van der Waals surface area contributed by atoms with E-state index in [-0.39, 0.29) is 12.4 Å². The molecule has 0 amide bonds. The number of nitrogens with two attached hydrogens (primary N) is 1. The smallest absolute Gasteiger partial charge is 0.123 e. The Labute approximate surface area is 91.3 Å². The van der Waals surface area contributed by atoms with Gasteiger partial charge in [0, 0.05) is 17.8 Å². The molecule has 1 rings (SSSR count). The molecular weight excluding hydrogens is 200 g/mol. The second-order valence-corrected chi connectivity index (χ2v) is 3.31. The third kappa shape index (κ3) is 3.44. The van der Waals surface area contributed by atoms with Gasteiger partial charge in [-0.25, -0.2) is 0 Å². The molecule has 0 aliphatic carbocycles. The topological polar surface area (TPSA) is 38.5 Å². The van der Waals surface area contributed by atoms with Crippen LogP contribution in [-0.4, -0.2) is 26.1 Å². The molecule has 1 aromatic carbocycles. The molecule has 3 nitrogen and oxygen atoms in total. The monoisotopic (exact) mass is 216 g/mol. The van der Waals surface area contributed by atoms with Crippen LogP contribution in [0.1, 0.15) is 5.56 Å². The van der Waals surface area contributed by atoms with Gasteiger partial charge in [-0.15, -0.1) is 12.4 Å². The first-order chi connectivity index (χ1) is 6.13. The van der Waals surface area contributed by atoms with Crippen molar-refractivity contribution in [2.45, 2.75) is 6.54 Å². The molecule has 0 aromatic heterocycles. The van der Waals surface area contributed by atoms with E-state index in [9.17, 15) is 0 Å². The molecule has 14 heavy (non-hydrogen) atoms. The van der Waals surface area contributed by atoms with Crippen molar-refractivity contribution in [1.82, 2.24) is 4.90 Å². The molecule has 0 heterocycles. The first-order valence-electron chi connectivity index (χ1n) is 4.20. The van der Waals surface area contributed by atoms with Crippen molar-refractivity contribution in [1.29, 1.82) is 0 Å². The standard InChI is InChI=1S/C10H16N2O.ClH/c1-12(2)7-8-6-9(11)4-5-10(8)13-3;/h4-6H,7,11H2,1-3H3;1H. The summed E-state index contributed by atoms with van der Waals surface area (Å²) in [6.07, 6.45) is 0. The first kappa shape index (κ1) is 13.1. The van der Waals surface area contributed by atoms with Gasteiger partial charge in [-0.1, -0.05) is 0 Å². The average molecular weight is 217 g/mol. The number of benzene rings is 1. The van der Waals surface area contributed by atoms with Crippen molar-refractivity contribution in [2.24, 2.45) is 0 Å². The molecule has 4 heteroatoms. The molecule has 0 aliphatic heterocycles. The third-order valence-corrected chi connectivity index (χ3v) is 1.79. The summed E-state index contributed by atoms with van der Waals surface area (Å²) in [7, 11) is 5.70. The van der Waals surface area contributed by atoms with E-state index in [1.54, 1.807) is 7.11 Å². The highest BCUT2D eigenvalue weighted by molar-refractivity contribution is 5.85. The van der Waals surface area contributed by atoms with Crippen LogP contribution in [-0.2, 0) is 6.54 Å². The molecule has 80 valence electrons. The van der Waals surface area contributed by atoms with E-state index in [4.69, 9.17) is 10.5 Å². The van der Waals surface area contributed by atoms with E-state index in [1.807, 2.05) is 32.3 Å². The van der Waals surface area contributed by atoms with Gasteiger partial charge in [-0.2, -0.15) is 0 Å². The molecule has 1 aromatic rings. The Balaban J connectivity index is 0.00000169. The van der Waals surface area contributed by atoms with Crippen LogP contribution in [0, 0.1) is 0 Å². The van der Waals surface area contributed by atoms with Gasteiger partial charge in [-0.05, 0) is 32.3 Å². The molecular formula is C10H17ClN2O. The fourth-order valence-electron chi connectivity index (χ4n) is 1.26. The van der Waals surface area contributed by atoms with Gasteiger partial charge in [0.2, 0.25) is 0 Å². The van der Waals surface area contributed by atoms with E-state index in [1.165, 1.54) is 0 Å². The van der Waals surface area contributed by atoms with Gasteiger partial charge in [-0.3, -0.25) is 0 Å².